The number of ether oxygens (including phenoxy) is 1. The Hall–Kier alpha value is -2.79. The minimum atomic E-state index is -0.278. The minimum absolute atomic E-state index is 0.218. The number of hydrogen-bond acceptors (Lipinski definition) is 4. The predicted molar refractivity (Wildman–Crippen MR) is 95.8 cm³/mol. The number of nitrogens with zero attached hydrogens (tertiary/aromatic N) is 2. The Morgan fingerprint density at radius 2 is 2.12 bits per heavy atom. The molecule has 0 bridgehead atoms. The summed E-state index contributed by atoms with van der Waals surface area (Å²) in [5.74, 6) is 1.77. The van der Waals surface area contributed by atoms with E-state index in [-0.39, 0.29) is 11.5 Å². The standard InChI is InChI=1S/C19H17ClN2O3/c1-13-5-3-4-6-18(13)24-12-15-8-7-14(25-15)9-10-17(23)19-16(20)11-22(2)21-19/h3-11H,12H2,1-2H3/b10-9+. The van der Waals surface area contributed by atoms with Crippen LogP contribution < -0.4 is 4.74 Å². The molecule has 0 saturated heterocycles. The number of furan rings is 1. The molecule has 0 unspecified atom stereocenters. The Morgan fingerprint density at radius 1 is 1.32 bits per heavy atom. The highest BCUT2D eigenvalue weighted by atomic mass is 35.5. The SMILES string of the molecule is Cc1ccccc1OCc1ccc(/C=C/C(=O)c2nn(C)cc2Cl)o1. The fourth-order valence-electron chi connectivity index (χ4n) is 2.29. The van der Waals surface area contributed by atoms with Crippen LogP contribution in [0.25, 0.3) is 6.08 Å². The molecule has 3 aromatic rings. The van der Waals surface area contributed by atoms with Crippen LogP contribution in [0.1, 0.15) is 27.6 Å². The zero-order chi connectivity index (χ0) is 17.8. The van der Waals surface area contributed by atoms with Crippen LogP contribution in [0.2, 0.25) is 5.02 Å². The molecular formula is C19H17ClN2O3. The first kappa shape index (κ1) is 17.0. The number of halogens is 1. The number of ketones is 1. The average molecular weight is 357 g/mol. The van der Waals surface area contributed by atoms with Crippen molar-refractivity contribution in [1.82, 2.24) is 9.78 Å². The van der Waals surface area contributed by atoms with Gasteiger partial charge in [0.05, 0.1) is 5.02 Å². The van der Waals surface area contributed by atoms with Gasteiger partial charge >= 0.3 is 0 Å². The van der Waals surface area contributed by atoms with E-state index in [0.29, 0.717) is 23.2 Å². The molecule has 3 rings (SSSR count). The second kappa shape index (κ2) is 7.40. The molecule has 0 aliphatic heterocycles. The van der Waals surface area contributed by atoms with Crippen LogP contribution in [0.5, 0.6) is 5.75 Å². The van der Waals surface area contributed by atoms with Crippen molar-refractivity contribution in [3.63, 3.8) is 0 Å². The Balaban J connectivity index is 1.62. The number of benzene rings is 1. The van der Waals surface area contributed by atoms with Crippen LogP contribution in [-0.4, -0.2) is 15.6 Å². The second-order valence-electron chi connectivity index (χ2n) is 5.56. The minimum Gasteiger partial charge on any atom is -0.485 e. The van der Waals surface area contributed by atoms with Gasteiger partial charge in [0.15, 0.2) is 5.69 Å². The number of rotatable bonds is 6. The molecular weight excluding hydrogens is 340 g/mol. The lowest BCUT2D eigenvalue weighted by Crippen LogP contribution is -1.98. The smallest absolute Gasteiger partial charge is 0.207 e. The van der Waals surface area contributed by atoms with Gasteiger partial charge in [-0.2, -0.15) is 5.10 Å². The summed E-state index contributed by atoms with van der Waals surface area (Å²) in [5, 5.41) is 4.36. The summed E-state index contributed by atoms with van der Waals surface area (Å²) in [6.07, 6.45) is 4.56. The van der Waals surface area contributed by atoms with Crippen LogP contribution in [0.15, 0.2) is 53.1 Å². The highest BCUT2D eigenvalue weighted by molar-refractivity contribution is 6.34. The molecule has 0 fully saturated rings. The zero-order valence-corrected chi connectivity index (χ0v) is 14.7. The lowest BCUT2D eigenvalue weighted by Gasteiger charge is -2.06. The first-order valence-corrected chi connectivity index (χ1v) is 8.09. The van der Waals surface area contributed by atoms with Crippen LogP contribution >= 0.6 is 11.6 Å². The maximum Gasteiger partial charge on any atom is 0.207 e. The van der Waals surface area contributed by atoms with Gasteiger partial charge in [0.25, 0.3) is 0 Å². The fraction of sp³-hybridized carbons (Fsp3) is 0.158. The summed E-state index contributed by atoms with van der Waals surface area (Å²) in [4.78, 5) is 12.1. The van der Waals surface area contributed by atoms with E-state index >= 15 is 0 Å². The first-order valence-electron chi connectivity index (χ1n) is 7.71. The third-order valence-corrected chi connectivity index (χ3v) is 3.84. The van der Waals surface area contributed by atoms with Gasteiger partial charge in [0.1, 0.15) is 23.9 Å². The second-order valence-corrected chi connectivity index (χ2v) is 5.96. The lowest BCUT2D eigenvalue weighted by atomic mass is 10.2. The molecule has 1 aromatic carbocycles. The molecule has 0 N–H and O–H groups in total. The molecule has 0 aliphatic rings. The van der Waals surface area contributed by atoms with Crippen LogP contribution in [0, 0.1) is 6.92 Å². The number of allylic oxidation sites excluding steroid dienone is 1. The molecule has 2 aromatic heterocycles. The highest BCUT2D eigenvalue weighted by Crippen LogP contribution is 2.19. The first-order chi connectivity index (χ1) is 12.0. The summed E-state index contributed by atoms with van der Waals surface area (Å²) in [6, 6.07) is 11.4. The van der Waals surface area contributed by atoms with E-state index in [1.807, 2.05) is 37.3 Å². The van der Waals surface area contributed by atoms with E-state index in [0.717, 1.165) is 11.3 Å². The fourth-order valence-corrected chi connectivity index (χ4v) is 2.56. The van der Waals surface area contributed by atoms with Gasteiger partial charge in [-0.05, 0) is 42.8 Å². The van der Waals surface area contributed by atoms with Crippen LogP contribution in [0.4, 0.5) is 0 Å². The third kappa shape index (κ3) is 4.19. The predicted octanol–water partition coefficient (Wildman–Crippen LogP) is 4.45. The van der Waals surface area contributed by atoms with Crippen molar-refractivity contribution < 1.29 is 13.9 Å². The van der Waals surface area contributed by atoms with Crippen LogP contribution in [0.3, 0.4) is 0 Å². The van der Waals surface area contributed by atoms with E-state index in [1.165, 1.54) is 10.8 Å². The molecule has 0 saturated carbocycles. The quantitative estimate of drug-likeness (QED) is 0.483. The normalized spacial score (nSPS) is 11.2. The van der Waals surface area contributed by atoms with Gasteiger partial charge in [-0.25, -0.2) is 0 Å². The monoisotopic (exact) mass is 356 g/mol. The number of para-hydroxylation sites is 1. The van der Waals surface area contributed by atoms with E-state index in [9.17, 15) is 4.79 Å². The van der Waals surface area contributed by atoms with Gasteiger partial charge in [-0.1, -0.05) is 29.8 Å². The van der Waals surface area contributed by atoms with Crippen molar-refractivity contribution in [3.05, 3.63) is 76.5 Å². The number of hydrogen-bond donors (Lipinski definition) is 0. The van der Waals surface area contributed by atoms with Crippen molar-refractivity contribution in [2.45, 2.75) is 13.5 Å². The molecule has 0 radical (unpaired) electrons. The summed E-state index contributed by atoms with van der Waals surface area (Å²) in [6.45, 7) is 2.30. The average Bonchev–Trinajstić information content (AvgIpc) is 3.18. The molecule has 0 spiro atoms. The van der Waals surface area contributed by atoms with E-state index in [4.69, 9.17) is 20.8 Å². The summed E-state index contributed by atoms with van der Waals surface area (Å²) in [7, 11) is 1.71. The summed E-state index contributed by atoms with van der Waals surface area (Å²) in [5.41, 5.74) is 1.28. The van der Waals surface area contributed by atoms with Crippen molar-refractivity contribution in [2.75, 3.05) is 0 Å². The number of carbonyl (C=O) groups excluding carboxylic acids is 1. The maximum absolute atomic E-state index is 12.1. The van der Waals surface area contributed by atoms with Gasteiger partial charge in [0, 0.05) is 13.2 Å². The van der Waals surface area contributed by atoms with Gasteiger partial charge in [0.2, 0.25) is 5.78 Å². The lowest BCUT2D eigenvalue weighted by molar-refractivity contribution is 0.104. The Morgan fingerprint density at radius 3 is 2.84 bits per heavy atom. The largest absolute Gasteiger partial charge is 0.485 e. The van der Waals surface area contributed by atoms with Gasteiger partial charge in [-0.15, -0.1) is 0 Å². The number of carbonyl (C=O) groups is 1. The highest BCUT2D eigenvalue weighted by Gasteiger charge is 2.12. The van der Waals surface area contributed by atoms with Gasteiger partial charge in [-0.3, -0.25) is 9.48 Å². The molecule has 6 heteroatoms. The Bertz CT molecular complexity index is 924. The van der Waals surface area contributed by atoms with E-state index in [1.54, 1.807) is 25.4 Å². The van der Waals surface area contributed by atoms with Crippen molar-refractivity contribution >= 4 is 23.5 Å². The van der Waals surface area contributed by atoms with Crippen molar-refractivity contribution in [2.24, 2.45) is 7.05 Å². The Labute approximate surface area is 150 Å². The summed E-state index contributed by atoms with van der Waals surface area (Å²) < 4.78 is 12.9. The molecule has 0 amide bonds. The maximum atomic E-state index is 12.1. The molecule has 0 aliphatic carbocycles. The Kier molecular flexibility index (Phi) is 5.05. The van der Waals surface area contributed by atoms with Gasteiger partial charge < -0.3 is 9.15 Å². The van der Waals surface area contributed by atoms with Crippen LogP contribution in [-0.2, 0) is 13.7 Å². The number of aryl methyl sites for hydroxylation is 2. The number of aromatic nitrogens is 2. The molecule has 128 valence electrons. The molecule has 2 heterocycles. The zero-order valence-electron chi connectivity index (χ0n) is 13.9. The molecule has 25 heavy (non-hydrogen) atoms. The molecule has 0 atom stereocenters. The summed E-state index contributed by atoms with van der Waals surface area (Å²) >= 11 is 5.96. The topological polar surface area (TPSA) is 57.3 Å². The molecule has 5 nitrogen and oxygen atoms in total. The van der Waals surface area contributed by atoms with E-state index in [2.05, 4.69) is 5.10 Å². The van der Waals surface area contributed by atoms with E-state index < -0.39 is 0 Å². The van der Waals surface area contributed by atoms with Crippen molar-refractivity contribution in [3.8, 4) is 5.75 Å². The third-order valence-electron chi connectivity index (χ3n) is 3.56. The van der Waals surface area contributed by atoms with Crippen molar-refractivity contribution in [1.29, 1.82) is 0 Å².